The molecule has 3 heterocycles. The Kier molecular flexibility index (Phi) is 6.99. The highest BCUT2D eigenvalue weighted by Crippen LogP contribution is 2.27. The first-order valence-corrected chi connectivity index (χ1v) is 11.0. The fourth-order valence-electron chi connectivity index (χ4n) is 4.11. The molecule has 0 spiro atoms. The Morgan fingerprint density at radius 1 is 1.13 bits per heavy atom. The molecule has 3 aromatic rings. The van der Waals surface area contributed by atoms with Crippen molar-refractivity contribution < 1.29 is 13.9 Å². The largest absolute Gasteiger partial charge is 0.464 e. The number of aromatic nitrogens is 1. The van der Waals surface area contributed by atoms with Gasteiger partial charge in [-0.2, -0.15) is 0 Å². The highest BCUT2D eigenvalue weighted by molar-refractivity contribution is 5.89. The van der Waals surface area contributed by atoms with Gasteiger partial charge in [-0.25, -0.2) is 0 Å². The predicted molar refractivity (Wildman–Crippen MR) is 121 cm³/mol. The second-order valence-electron chi connectivity index (χ2n) is 8.30. The number of hydrogen-bond acceptors (Lipinski definition) is 5. The second kappa shape index (κ2) is 10.1. The van der Waals surface area contributed by atoms with E-state index in [1.807, 2.05) is 17.0 Å². The van der Waals surface area contributed by atoms with Crippen molar-refractivity contribution in [3.8, 4) is 0 Å². The highest BCUT2D eigenvalue weighted by Gasteiger charge is 2.19. The Morgan fingerprint density at radius 3 is 2.68 bits per heavy atom. The van der Waals surface area contributed by atoms with Crippen molar-refractivity contribution in [1.29, 1.82) is 0 Å². The van der Waals surface area contributed by atoms with Crippen LogP contribution in [-0.2, 0) is 22.5 Å². The Balaban J connectivity index is 1.45. The summed E-state index contributed by atoms with van der Waals surface area (Å²) in [5.74, 6) is 0.125. The first kappa shape index (κ1) is 21.5. The normalized spacial score (nSPS) is 14.8. The third-order valence-electron chi connectivity index (χ3n) is 6.16. The summed E-state index contributed by atoms with van der Waals surface area (Å²) < 4.78 is 11.3. The molecule has 1 amide bonds. The number of carbonyl (C=O) groups is 1. The van der Waals surface area contributed by atoms with Crippen LogP contribution in [0.25, 0.3) is 11.0 Å². The number of morpholine rings is 1. The molecule has 0 aliphatic carbocycles. The van der Waals surface area contributed by atoms with Gasteiger partial charge in [0, 0.05) is 56.1 Å². The van der Waals surface area contributed by atoms with Crippen molar-refractivity contribution in [1.82, 2.24) is 14.8 Å². The van der Waals surface area contributed by atoms with E-state index in [2.05, 4.69) is 35.9 Å². The molecule has 1 aromatic carbocycles. The average Bonchev–Trinajstić information content (AvgIpc) is 3.20. The number of pyridine rings is 1. The molecule has 1 fully saturated rings. The molecule has 0 radical (unpaired) electrons. The Labute approximate surface area is 183 Å². The number of carbonyl (C=O) groups excluding carboxylic acids is 1. The minimum Gasteiger partial charge on any atom is -0.464 e. The zero-order valence-electron chi connectivity index (χ0n) is 18.5. The smallest absolute Gasteiger partial charge is 0.227 e. The minimum absolute atomic E-state index is 0.125. The van der Waals surface area contributed by atoms with Gasteiger partial charge in [0.1, 0.15) is 5.58 Å². The molecule has 1 aliphatic rings. The quantitative estimate of drug-likeness (QED) is 0.555. The van der Waals surface area contributed by atoms with Crippen molar-refractivity contribution in [2.75, 3.05) is 39.4 Å². The van der Waals surface area contributed by atoms with Gasteiger partial charge in [-0.3, -0.25) is 14.7 Å². The maximum atomic E-state index is 13.3. The molecule has 2 aromatic heterocycles. The standard InChI is InChI=1S/C25H31N3O3/c1-19-4-5-23-22(18-31-25(23)20(19)2)16-24(29)28(17-21-6-8-26-9-7-21)11-3-10-27-12-14-30-15-13-27/h4-9,18H,3,10-17H2,1-2H3. The second-order valence-corrected chi connectivity index (χ2v) is 8.30. The number of furan rings is 1. The van der Waals surface area contributed by atoms with Crippen LogP contribution in [-0.4, -0.2) is 60.1 Å². The zero-order chi connectivity index (χ0) is 21.6. The first-order chi connectivity index (χ1) is 15.1. The van der Waals surface area contributed by atoms with E-state index < -0.39 is 0 Å². The number of aryl methyl sites for hydroxylation is 2. The molecule has 164 valence electrons. The van der Waals surface area contributed by atoms with Gasteiger partial charge < -0.3 is 14.1 Å². The number of ether oxygens (including phenoxy) is 1. The summed E-state index contributed by atoms with van der Waals surface area (Å²) in [6, 6.07) is 8.11. The molecule has 6 nitrogen and oxygen atoms in total. The molecular formula is C25H31N3O3. The van der Waals surface area contributed by atoms with Crippen LogP contribution in [0.4, 0.5) is 0 Å². The lowest BCUT2D eigenvalue weighted by atomic mass is 10.0. The number of fused-ring (bicyclic) bond motifs is 1. The lowest BCUT2D eigenvalue weighted by molar-refractivity contribution is -0.131. The monoisotopic (exact) mass is 421 g/mol. The van der Waals surface area contributed by atoms with E-state index in [1.165, 1.54) is 5.56 Å². The maximum absolute atomic E-state index is 13.3. The van der Waals surface area contributed by atoms with E-state index in [1.54, 1.807) is 18.7 Å². The van der Waals surface area contributed by atoms with E-state index in [9.17, 15) is 4.79 Å². The summed E-state index contributed by atoms with van der Waals surface area (Å²) in [5, 5.41) is 1.04. The summed E-state index contributed by atoms with van der Waals surface area (Å²) >= 11 is 0. The van der Waals surface area contributed by atoms with Crippen molar-refractivity contribution >= 4 is 16.9 Å². The molecule has 31 heavy (non-hydrogen) atoms. The van der Waals surface area contributed by atoms with Crippen LogP contribution in [0.3, 0.4) is 0 Å². The minimum atomic E-state index is 0.125. The third kappa shape index (κ3) is 5.32. The van der Waals surface area contributed by atoms with Crippen LogP contribution in [0.2, 0.25) is 0 Å². The zero-order valence-corrected chi connectivity index (χ0v) is 18.5. The molecule has 0 N–H and O–H groups in total. The number of rotatable bonds is 8. The topological polar surface area (TPSA) is 58.8 Å². The molecule has 1 aliphatic heterocycles. The van der Waals surface area contributed by atoms with E-state index in [4.69, 9.17) is 9.15 Å². The summed E-state index contributed by atoms with van der Waals surface area (Å²) in [7, 11) is 0. The van der Waals surface area contributed by atoms with Crippen molar-refractivity contribution in [2.24, 2.45) is 0 Å². The van der Waals surface area contributed by atoms with Gasteiger partial charge in [-0.15, -0.1) is 0 Å². The molecular weight excluding hydrogens is 390 g/mol. The fraction of sp³-hybridized carbons (Fsp3) is 0.440. The van der Waals surface area contributed by atoms with Gasteiger partial charge in [0.05, 0.1) is 25.9 Å². The van der Waals surface area contributed by atoms with E-state index in [0.717, 1.165) is 73.5 Å². The van der Waals surface area contributed by atoms with Crippen LogP contribution in [0, 0.1) is 13.8 Å². The molecule has 1 saturated heterocycles. The summed E-state index contributed by atoms with van der Waals surface area (Å²) in [5.41, 5.74) is 5.27. The highest BCUT2D eigenvalue weighted by atomic mass is 16.5. The van der Waals surface area contributed by atoms with Gasteiger partial charge >= 0.3 is 0 Å². The van der Waals surface area contributed by atoms with E-state index in [0.29, 0.717) is 13.0 Å². The summed E-state index contributed by atoms with van der Waals surface area (Å²) in [6.07, 6.45) is 6.59. The van der Waals surface area contributed by atoms with Crippen molar-refractivity contribution in [2.45, 2.75) is 33.2 Å². The fourth-order valence-corrected chi connectivity index (χ4v) is 4.11. The summed E-state index contributed by atoms with van der Waals surface area (Å²) in [6.45, 7) is 9.98. The van der Waals surface area contributed by atoms with Crippen molar-refractivity contribution in [3.05, 3.63) is 65.2 Å². The first-order valence-electron chi connectivity index (χ1n) is 11.0. The molecule has 0 unspecified atom stereocenters. The van der Waals surface area contributed by atoms with Gasteiger partial charge in [0.15, 0.2) is 0 Å². The van der Waals surface area contributed by atoms with Crippen LogP contribution in [0.1, 0.15) is 28.7 Å². The van der Waals surface area contributed by atoms with Crippen molar-refractivity contribution in [3.63, 3.8) is 0 Å². The lowest BCUT2D eigenvalue weighted by Crippen LogP contribution is -2.39. The molecule has 0 saturated carbocycles. The number of nitrogens with zero attached hydrogens (tertiary/aromatic N) is 3. The van der Waals surface area contributed by atoms with E-state index >= 15 is 0 Å². The Hall–Kier alpha value is -2.70. The van der Waals surface area contributed by atoms with Gasteiger partial charge in [-0.1, -0.05) is 12.1 Å². The SMILES string of the molecule is Cc1ccc2c(CC(=O)N(CCCN3CCOCC3)Cc3ccncc3)coc2c1C. The molecule has 6 heteroatoms. The van der Waals surface area contributed by atoms with Gasteiger partial charge in [-0.05, 0) is 49.1 Å². The lowest BCUT2D eigenvalue weighted by Gasteiger charge is -2.28. The van der Waals surface area contributed by atoms with Crippen LogP contribution >= 0.6 is 0 Å². The Bertz CT molecular complexity index is 1010. The van der Waals surface area contributed by atoms with Gasteiger partial charge in [0.25, 0.3) is 0 Å². The molecule has 4 rings (SSSR count). The predicted octanol–water partition coefficient (Wildman–Crippen LogP) is 3.74. The van der Waals surface area contributed by atoms with Crippen LogP contribution in [0.15, 0.2) is 47.3 Å². The third-order valence-corrected chi connectivity index (χ3v) is 6.16. The van der Waals surface area contributed by atoms with E-state index in [-0.39, 0.29) is 5.91 Å². The number of hydrogen-bond donors (Lipinski definition) is 0. The summed E-state index contributed by atoms with van der Waals surface area (Å²) in [4.78, 5) is 21.8. The Morgan fingerprint density at radius 2 is 1.90 bits per heavy atom. The number of amides is 1. The number of benzene rings is 1. The van der Waals surface area contributed by atoms with Crippen LogP contribution < -0.4 is 0 Å². The molecule has 0 bridgehead atoms. The van der Waals surface area contributed by atoms with Gasteiger partial charge in [0.2, 0.25) is 5.91 Å². The maximum Gasteiger partial charge on any atom is 0.227 e. The molecule has 0 atom stereocenters. The van der Waals surface area contributed by atoms with Crippen LogP contribution in [0.5, 0.6) is 0 Å². The average molecular weight is 422 g/mol.